The zero-order chi connectivity index (χ0) is 10.8. The topological polar surface area (TPSA) is 51.8 Å². The van der Waals surface area contributed by atoms with Crippen LogP contribution in [0.3, 0.4) is 0 Å². The minimum atomic E-state index is -0.787. The maximum atomic E-state index is 13.5. The van der Waals surface area contributed by atoms with Crippen molar-refractivity contribution < 1.29 is 8.78 Å². The fourth-order valence-electron chi connectivity index (χ4n) is 1.23. The molecule has 1 aromatic heterocycles. The first-order valence-corrected chi connectivity index (χ1v) is 4.19. The molecule has 76 valence electrons. The molecule has 0 saturated carbocycles. The highest BCUT2D eigenvalue weighted by atomic mass is 19.1. The third-order valence-corrected chi connectivity index (χ3v) is 2.00. The van der Waals surface area contributed by atoms with Crippen LogP contribution < -0.4 is 5.73 Å². The number of anilines is 1. The third kappa shape index (κ3) is 1.63. The molecule has 0 unspecified atom stereocenters. The molecular weight excluding hydrogens is 200 g/mol. The lowest BCUT2D eigenvalue weighted by atomic mass is 10.1. The van der Waals surface area contributed by atoms with Gasteiger partial charge in [0.15, 0.2) is 5.82 Å². The summed E-state index contributed by atoms with van der Waals surface area (Å²) in [7, 11) is 0. The monoisotopic (exact) mass is 207 g/mol. The fourth-order valence-corrected chi connectivity index (χ4v) is 1.23. The molecule has 3 nitrogen and oxygen atoms in total. The smallest absolute Gasteiger partial charge is 0.157 e. The lowest BCUT2D eigenvalue weighted by molar-refractivity contribution is 0.594. The Kier molecular flexibility index (Phi) is 2.29. The molecule has 0 amide bonds. The second-order valence-electron chi connectivity index (χ2n) is 2.95. The number of hydrogen-bond donors (Lipinski definition) is 1. The summed E-state index contributed by atoms with van der Waals surface area (Å²) in [5.74, 6) is -1.56. The molecule has 1 heterocycles. The van der Waals surface area contributed by atoms with Crippen molar-refractivity contribution in [1.29, 1.82) is 0 Å². The number of benzene rings is 1. The van der Waals surface area contributed by atoms with Crippen molar-refractivity contribution in [3.8, 4) is 11.1 Å². The van der Waals surface area contributed by atoms with E-state index in [-0.39, 0.29) is 5.56 Å². The van der Waals surface area contributed by atoms with Gasteiger partial charge in [-0.05, 0) is 12.1 Å². The predicted molar refractivity (Wildman–Crippen MR) is 51.8 cm³/mol. The fraction of sp³-hybridized carbons (Fsp3) is 0. The van der Waals surface area contributed by atoms with Gasteiger partial charge < -0.3 is 5.73 Å². The molecule has 15 heavy (non-hydrogen) atoms. The van der Waals surface area contributed by atoms with E-state index >= 15 is 0 Å². The van der Waals surface area contributed by atoms with Gasteiger partial charge in [0, 0.05) is 23.5 Å². The number of rotatable bonds is 1. The maximum Gasteiger partial charge on any atom is 0.157 e. The normalized spacial score (nSPS) is 10.3. The van der Waals surface area contributed by atoms with Crippen molar-refractivity contribution >= 4 is 5.69 Å². The van der Waals surface area contributed by atoms with Crippen LogP contribution in [0.25, 0.3) is 11.1 Å². The predicted octanol–water partition coefficient (Wildman–Crippen LogP) is 2.00. The molecule has 0 radical (unpaired) electrons. The Morgan fingerprint density at radius 2 is 1.73 bits per heavy atom. The molecule has 1 aromatic carbocycles. The molecule has 0 aliphatic heterocycles. The van der Waals surface area contributed by atoms with Gasteiger partial charge in [-0.15, -0.1) is 0 Å². The molecule has 0 saturated heterocycles. The average Bonchev–Trinajstić information content (AvgIpc) is 2.27. The molecule has 0 bridgehead atoms. The van der Waals surface area contributed by atoms with E-state index in [1.807, 2.05) is 0 Å². The molecule has 2 N–H and O–H groups in total. The van der Waals surface area contributed by atoms with Crippen LogP contribution >= 0.6 is 0 Å². The lowest BCUT2D eigenvalue weighted by Crippen LogP contribution is -1.97. The van der Waals surface area contributed by atoms with Gasteiger partial charge in [-0.25, -0.2) is 18.7 Å². The van der Waals surface area contributed by atoms with Crippen LogP contribution in [0.1, 0.15) is 0 Å². The van der Waals surface area contributed by atoms with Gasteiger partial charge in [-0.1, -0.05) is 0 Å². The van der Waals surface area contributed by atoms with Crippen molar-refractivity contribution in [2.24, 2.45) is 0 Å². The van der Waals surface area contributed by atoms with E-state index in [1.165, 1.54) is 24.8 Å². The Labute approximate surface area is 84.6 Å². The van der Waals surface area contributed by atoms with Crippen LogP contribution in [0.15, 0.2) is 30.9 Å². The second kappa shape index (κ2) is 3.61. The number of halogens is 2. The molecule has 0 spiro atoms. The molecule has 0 aliphatic rings. The van der Waals surface area contributed by atoms with Gasteiger partial charge in [-0.2, -0.15) is 0 Å². The summed E-state index contributed by atoms with van der Waals surface area (Å²) in [5, 5.41) is 0. The molecule has 0 fully saturated rings. The van der Waals surface area contributed by atoms with Crippen molar-refractivity contribution in [2.75, 3.05) is 5.73 Å². The van der Waals surface area contributed by atoms with E-state index in [0.29, 0.717) is 5.56 Å². The van der Waals surface area contributed by atoms with Gasteiger partial charge in [0.05, 0.1) is 0 Å². The summed E-state index contributed by atoms with van der Waals surface area (Å²) >= 11 is 0. The Bertz CT molecular complexity index is 486. The van der Waals surface area contributed by atoms with Gasteiger partial charge in [0.1, 0.15) is 17.8 Å². The van der Waals surface area contributed by atoms with E-state index in [2.05, 4.69) is 9.97 Å². The quantitative estimate of drug-likeness (QED) is 0.727. The number of nitrogens with two attached hydrogens (primary N) is 1. The first-order valence-electron chi connectivity index (χ1n) is 4.19. The number of nitrogens with zero attached hydrogens (tertiary/aromatic N) is 2. The lowest BCUT2D eigenvalue weighted by Gasteiger charge is -2.05. The van der Waals surface area contributed by atoms with E-state index in [9.17, 15) is 8.78 Å². The van der Waals surface area contributed by atoms with Crippen molar-refractivity contribution in [3.05, 3.63) is 42.5 Å². The van der Waals surface area contributed by atoms with E-state index in [1.54, 1.807) is 0 Å². The molecule has 2 rings (SSSR count). The van der Waals surface area contributed by atoms with Crippen molar-refractivity contribution in [3.63, 3.8) is 0 Å². The SMILES string of the molecule is Nc1c(F)ccc(-c2cncnc2)c1F. The zero-order valence-corrected chi connectivity index (χ0v) is 7.61. The third-order valence-electron chi connectivity index (χ3n) is 2.00. The van der Waals surface area contributed by atoms with E-state index < -0.39 is 17.3 Å². The van der Waals surface area contributed by atoms with E-state index in [0.717, 1.165) is 6.07 Å². The Balaban J connectivity index is 2.60. The summed E-state index contributed by atoms with van der Waals surface area (Å²) < 4.78 is 26.4. The Morgan fingerprint density at radius 1 is 1.07 bits per heavy atom. The van der Waals surface area contributed by atoms with Gasteiger partial charge in [0.2, 0.25) is 0 Å². The van der Waals surface area contributed by atoms with Crippen molar-refractivity contribution in [2.45, 2.75) is 0 Å². The standard InChI is InChI=1S/C10H7F2N3/c11-8-2-1-7(9(12)10(8)13)6-3-14-5-15-4-6/h1-5H,13H2. The summed E-state index contributed by atoms with van der Waals surface area (Å²) in [4.78, 5) is 7.48. The first-order chi connectivity index (χ1) is 7.20. The molecule has 0 aliphatic carbocycles. The highest BCUT2D eigenvalue weighted by Crippen LogP contribution is 2.26. The number of hydrogen-bond acceptors (Lipinski definition) is 3. The summed E-state index contributed by atoms with van der Waals surface area (Å²) in [6.45, 7) is 0. The Hall–Kier alpha value is -2.04. The summed E-state index contributed by atoms with van der Waals surface area (Å²) in [6.07, 6.45) is 4.19. The van der Waals surface area contributed by atoms with Crippen LogP contribution in [0.2, 0.25) is 0 Å². The maximum absolute atomic E-state index is 13.5. The van der Waals surface area contributed by atoms with Crippen LogP contribution in [0, 0.1) is 11.6 Å². The zero-order valence-electron chi connectivity index (χ0n) is 7.61. The van der Waals surface area contributed by atoms with Crippen LogP contribution in [-0.2, 0) is 0 Å². The van der Waals surface area contributed by atoms with Crippen LogP contribution in [0.4, 0.5) is 14.5 Å². The van der Waals surface area contributed by atoms with Crippen molar-refractivity contribution in [1.82, 2.24) is 9.97 Å². The highest BCUT2D eigenvalue weighted by molar-refractivity contribution is 5.67. The van der Waals surface area contributed by atoms with E-state index in [4.69, 9.17) is 5.73 Å². The molecule has 2 aromatic rings. The van der Waals surface area contributed by atoms with Crippen LogP contribution in [0.5, 0.6) is 0 Å². The summed E-state index contributed by atoms with van der Waals surface area (Å²) in [5.41, 5.74) is 5.39. The Morgan fingerprint density at radius 3 is 2.40 bits per heavy atom. The molecule has 0 atom stereocenters. The minimum absolute atomic E-state index is 0.189. The van der Waals surface area contributed by atoms with Crippen LogP contribution in [-0.4, -0.2) is 9.97 Å². The second-order valence-corrected chi connectivity index (χ2v) is 2.95. The minimum Gasteiger partial charge on any atom is -0.394 e. The highest BCUT2D eigenvalue weighted by Gasteiger charge is 2.12. The molecule has 5 heteroatoms. The average molecular weight is 207 g/mol. The molecular formula is C10H7F2N3. The van der Waals surface area contributed by atoms with Gasteiger partial charge in [0.25, 0.3) is 0 Å². The summed E-state index contributed by atoms with van der Waals surface area (Å²) in [6, 6.07) is 2.42. The number of nitrogen functional groups attached to an aromatic ring is 1. The number of aromatic nitrogens is 2. The van der Waals surface area contributed by atoms with Gasteiger partial charge in [-0.3, -0.25) is 0 Å². The van der Waals surface area contributed by atoms with Gasteiger partial charge >= 0.3 is 0 Å². The largest absolute Gasteiger partial charge is 0.394 e. The first kappa shape index (κ1) is 9.51.